The van der Waals surface area contributed by atoms with E-state index in [1.165, 1.54) is 12.1 Å². The maximum atomic E-state index is 14.9. The van der Waals surface area contributed by atoms with E-state index in [0.29, 0.717) is 24.1 Å². The number of hydrogen-bond acceptors (Lipinski definition) is 4. The highest BCUT2D eigenvalue weighted by Gasteiger charge is 2.51. The van der Waals surface area contributed by atoms with Crippen molar-refractivity contribution in [1.82, 2.24) is 20.0 Å². The summed E-state index contributed by atoms with van der Waals surface area (Å²) in [6.45, 7) is 2.24. The normalized spacial score (nSPS) is 25.2. The maximum Gasteiger partial charge on any atom is 0.251 e. The smallest absolute Gasteiger partial charge is 0.251 e. The number of nitrogens with zero attached hydrogens (tertiary/aromatic N) is 3. The van der Waals surface area contributed by atoms with Crippen LogP contribution in [0.1, 0.15) is 64.9 Å². The monoisotopic (exact) mass is 613 g/mol. The SMILES string of the molecule is Cc1ccn(-c2ccc(C(=O)N[C@@H]3CCC(F)(F)C[C@@H]3C(=O)N3CCC4C(c5ccccc5)Nc5ccc(F)cc5C43)cc2)n1. The third-order valence-corrected chi connectivity index (χ3v) is 9.53. The molecule has 232 valence electrons. The van der Waals surface area contributed by atoms with E-state index < -0.39 is 54.4 Å². The van der Waals surface area contributed by atoms with E-state index in [2.05, 4.69) is 15.7 Å². The molecule has 0 bridgehead atoms. The number of hydrogen-bond donors (Lipinski definition) is 2. The molecule has 1 saturated heterocycles. The number of amides is 2. The number of alkyl halides is 2. The first-order valence-electron chi connectivity index (χ1n) is 15.4. The minimum absolute atomic E-state index is 0.0266. The predicted molar refractivity (Wildman–Crippen MR) is 164 cm³/mol. The van der Waals surface area contributed by atoms with E-state index in [1.807, 2.05) is 49.5 Å². The fraction of sp³-hybridized carbons (Fsp3) is 0.343. The summed E-state index contributed by atoms with van der Waals surface area (Å²) < 4.78 is 46.1. The molecule has 2 amide bonds. The minimum Gasteiger partial charge on any atom is -0.378 e. The first-order valence-corrected chi connectivity index (χ1v) is 15.4. The summed E-state index contributed by atoms with van der Waals surface area (Å²) in [6, 6.07) is 21.7. The molecule has 7 nitrogen and oxygen atoms in total. The molecular weight excluding hydrogens is 579 g/mol. The highest BCUT2D eigenvalue weighted by atomic mass is 19.3. The second kappa shape index (κ2) is 11.4. The maximum absolute atomic E-state index is 14.9. The van der Waals surface area contributed by atoms with Gasteiger partial charge in [0.2, 0.25) is 11.8 Å². The minimum atomic E-state index is -3.03. The second-order valence-corrected chi connectivity index (χ2v) is 12.4. The van der Waals surface area contributed by atoms with Crippen LogP contribution in [0.15, 0.2) is 85.1 Å². The molecule has 3 aromatic carbocycles. The zero-order valence-electron chi connectivity index (χ0n) is 24.8. The standard InChI is InChI=1S/C35H34F3N5O2/c1-21-14-18-43(41-21)25-10-7-23(8-11-25)33(44)40-30-13-16-35(37,38)20-28(30)34(45)42-17-15-26-31(22-5-3-2-4-6-22)39-29-12-9-24(36)19-27(29)32(26)42/h2-12,14,18-19,26,28,30-32,39H,13,15-17,20H2,1H3,(H,40,44)/t26?,28-,30+,31?,32?/m0/s1. The van der Waals surface area contributed by atoms with Crippen LogP contribution >= 0.6 is 0 Å². The summed E-state index contributed by atoms with van der Waals surface area (Å²) >= 11 is 0. The number of rotatable bonds is 5. The summed E-state index contributed by atoms with van der Waals surface area (Å²) in [7, 11) is 0. The van der Waals surface area contributed by atoms with Gasteiger partial charge in [-0.2, -0.15) is 5.10 Å². The van der Waals surface area contributed by atoms with Gasteiger partial charge in [0.05, 0.1) is 29.4 Å². The third-order valence-electron chi connectivity index (χ3n) is 9.53. The summed E-state index contributed by atoms with van der Waals surface area (Å²) in [5, 5.41) is 10.8. The van der Waals surface area contributed by atoms with Gasteiger partial charge in [0.25, 0.3) is 5.91 Å². The number of fused-ring (bicyclic) bond motifs is 3. The van der Waals surface area contributed by atoms with E-state index in [9.17, 15) is 22.8 Å². The first-order chi connectivity index (χ1) is 21.7. The fourth-order valence-corrected chi connectivity index (χ4v) is 7.34. The van der Waals surface area contributed by atoms with Crippen molar-refractivity contribution in [1.29, 1.82) is 0 Å². The van der Waals surface area contributed by atoms with E-state index in [0.717, 1.165) is 22.6 Å². The topological polar surface area (TPSA) is 79.3 Å². The molecule has 5 atom stereocenters. The molecule has 1 saturated carbocycles. The van der Waals surface area contributed by atoms with Gasteiger partial charge in [-0.1, -0.05) is 30.3 Å². The van der Waals surface area contributed by atoms with Crippen LogP contribution in [0.25, 0.3) is 5.69 Å². The van der Waals surface area contributed by atoms with Crippen LogP contribution < -0.4 is 10.6 Å². The Balaban J connectivity index is 1.15. The summed E-state index contributed by atoms with van der Waals surface area (Å²) in [6.07, 6.45) is 1.35. The predicted octanol–water partition coefficient (Wildman–Crippen LogP) is 6.61. The van der Waals surface area contributed by atoms with Gasteiger partial charge in [-0.3, -0.25) is 9.59 Å². The molecule has 2 aliphatic heterocycles. The highest BCUT2D eigenvalue weighted by Crippen LogP contribution is 2.52. The van der Waals surface area contributed by atoms with Crippen molar-refractivity contribution in [3.63, 3.8) is 0 Å². The molecule has 2 fully saturated rings. The first kappa shape index (κ1) is 29.1. The zero-order valence-corrected chi connectivity index (χ0v) is 24.8. The Kier molecular flexibility index (Phi) is 7.38. The van der Waals surface area contributed by atoms with Crippen molar-refractivity contribution in [2.24, 2.45) is 11.8 Å². The fourth-order valence-electron chi connectivity index (χ4n) is 7.34. The molecule has 10 heteroatoms. The Labute approximate surface area is 259 Å². The Morgan fingerprint density at radius 2 is 1.78 bits per heavy atom. The number of benzene rings is 3. The quantitative estimate of drug-likeness (QED) is 0.266. The van der Waals surface area contributed by atoms with Crippen molar-refractivity contribution < 1.29 is 22.8 Å². The van der Waals surface area contributed by atoms with Gasteiger partial charge in [0.15, 0.2) is 0 Å². The van der Waals surface area contributed by atoms with Gasteiger partial charge in [0, 0.05) is 54.4 Å². The van der Waals surface area contributed by atoms with Crippen LogP contribution in [0.2, 0.25) is 0 Å². The lowest BCUT2D eigenvalue weighted by Crippen LogP contribution is -2.53. The number of aryl methyl sites for hydroxylation is 1. The van der Waals surface area contributed by atoms with Crippen molar-refractivity contribution in [2.45, 2.75) is 56.7 Å². The molecule has 3 unspecified atom stereocenters. The molecule has 4 aromatic rings. The van der Waals surface area contributed by atoms with Crippen molar-refractivity contribution >= 4 is 17.5 Å². The van der Waals surface area contributed by atoms with Gasteiger partial charge in [0.1, 0.15) is 5.82 Å². The molecule has 1 aromatic heterocycles. The largest absolute Gasteiger partial charge is 0.378 e. The second-order valence-electron chi connectivity index (χ2n) is 12.4. The Morgan fingerprint density at radius 3 is 2.51 bits per heavy atom. The van der Waals surface area contributed by atoms with E-state index >= 15 is 0 Å². The number of likely N-dealkylation sites (tertiary alicyclic amines) is 1. The molecule has 3 heterocycles. The molecule has 45 heavy (non-hydrogen) atoms. The van der Waals surface area contributed by atoms with Gasteiger partial charge in [-0.25, -0.2) is 17.9 Å². The van der Waals surface area contributed by atoms with Gasteiger partial charge in [-0.15, -0.1) is 0 Å². The molecule has 7 rings (SSSR count). The average Bonchev–Trinajstić information content (AvgIpc) is 3.69. The lowest BCUT2D eigenvalue weighted by Gasteiger charge is -2.42. The van der Waals surface area contributed by atoms with Crippen LogP contribution in [0.5, 0.6) is 0 Å². The number of carbonyl (C=O) groups excluding carboxylic acids is 2. The van der Waals surface area contributed by atoms with Crippen LogP contribution in [-0.2, 0) is 4.79 Å². The number of nitrogens with one attached hydrogen (secondary N) is 2. The molecule has 1 aliphatic carbocycles. The highest BCUT2D eigenvalue weighted by molar-refractivity contribution is 5.95. The van der Waals surface area contributed by atoms with Crippen molar-refractivity contribution in [3.8, 4) is 5.69 Å². The summed E-state index contributed by atoms with van der Waals surface area (Å²) in [4.78, 5) is 29.3. The van der Waals surface area contributed by atoms with Crippen LogP contribution in [-0.4, -0.2) is 45.0 Å². The molecule has 2 N–H and O–H groups in total. The Morgan fingerprint density at radius 1 is 1.00 bits per heavy atom. The summed E-state index contributed by atoms with van der Waals surface area (Å²) in [5.41, 5.74) is 4.41. The lowest BCUT2D eigenvalue weighted by atomic mass is 9.78. The van der Waals surface area contributed by atoms with Gasteiger partial charge < -0.3 is 15.5 Å². The molecular formula is C35H34F3N5O2. The summed E-state index contributed by atoms with van der Waals surface area (Å²) in [5.74, 6) is -5.52. The third kappa shape index (κ3) is 5.58. The van der Waals surface area contributed by atoms with Crippen LogP contribution in [0, 0.1) is 24.6 Å². The van der Waals surface area contributed by atoms with E-state index in [-0.39, 0.29) is 18.4 Å². The Hall–Kier alpha value is -4.60. The van der Waals surface area contributed by atoms with Crippen LogP contribution in [0.3, 0.4) is 0 Å². The average molecular weight is 614 g/mol. The molecule has 0 spiro atoms. The zero-order chi connectivity index (χ0) is 31.3. The molecule has 3 aliphatic rings. The van der Waals surface area contributed by atoms with Crippen molar-refractivity contribution in [3.05, 3.63) is 113 Å². The van der Waals surface area contributed by atoms with Crippen molar-refractivity contribution in [2.75, 3.05) is 11.9 Å². The Bertz CT molecular complexity index is 1720. The molecule has 0 radical (unpaired) electrons. The van der Waals surface area contributed by atoms with Crippen LogP contribution in [0.4, 0.5) is 18.9 Å². The number of anilines is 1. The lowest BCUT2D eigenvalue weighted by molar-refractivity contribution is -0.146. The van der Waals surface area contributed by atoms with E-state index in [1.54, 1.807) is 39.9 Å². The van der Waals surface area contributed by atoms with E-state index in [4.69, 9.17) is 0 Å². The number of halogens is 3. The number of aromatic nitrogens is 2. The number of carbonyl (C=O) groups is 2. The van der Waals surface area contributed by atoms with Gasteiger partial charge in [-0.05, 0) is 73.9 Å². The van der Waals surface area contributed by atoms with Gasteiger partial charge >= 0.3 is 0 Å².